The normalized spacial score (nSPS) is 17.4. The van der Waals surface area contributed by atoms with Gasteiger partial charge in [0.05, 0.1) is 0 Å². The fraction of sp³-hybridized carbons (Fsp3) is 0.294. The Bertz CT molecular complexity index is 499. The van der Waals surface area contributed by atoms with Gasteiger partial charge in [-0.05, 0) is 36.6 Å². The highest BCUT2D eigenvalue weighted by Gasteiger charge is 2.20. The Morgan fingerprint density at radius 1 is 1.00 bits per heavy atom. The van der Waals surface area contributed by atoms with Crippen LogP contribution in [0.2, 0.25) is 0 Å². The zero-order valence-electron chi connectivity index (χ0n) is 11.0. The van der Waals surface area contributed by atoms with E-state index in [1.165, 1.54) is 22.4 Å². The molecule has 0 fully saturated rings. The van der Waals surface area contributed by atoms with E-state index in [1.807, 2.05) is 11.8 Å². The predicted molar refractivity (Wildman–Crippen MR) is 82.8 cm³/mol. The van der Waals surface area contributed by atoms with Crippen molar-refractivity contribution in [3.8, 4) is 0 Å². The molecule has 1 atom stereocenters. The van der Waals surface area contributed by atoms with Crippen molar-refractivity contribution in [3.05, 3.63) is 65.7 Å². The molecule has 19 heavy (non-hydrogen) atoms. The third kappa shape index (κ3) is 3.40. The lowest BCUT2D eigenvalue weighted by molar-refractivity contribution is 0.662. The highest BCUT2D eigenvalue weighted by atomic mass is 32.2. The molecule has 98 valence electrons. The van der Waals surface area contributed by atoms with Crippen LogP contribution in [0, 0.1) is 0 Å². The summed E-state index contributed by atoms with van der Waals surface area (Å²) in [7, 11) is 0. The molecule has 0 bridgehead atoms. The highest BCUT2D eigenvalue weighted by molar-refractivity contribution is 8.00. The maximum Gasteiger partial charge on any atom is 0.0260 e. The summed E-state index contributed by atoms with van der Waals surface area (Å²) in [4.78, 5) is 1.47. The van der Waals surface area contributed by atoms with E-state index in [4.69, 9.17) is 0 Å². The highest BCUT2D eigenvalue weighted by Crippen LogP contribution is 2.36. The number of thioether (sulfide) groups is 1. The van der Waals surface area contributed by atoms with E-state index >= 15 is 0 Å². The van der Waals surface area contributed by atoms with E-state index in [9.17, 15) is 0 Å². The number of hydrogen-bond acceptors (Lipinski definition) is 2. The van der Waals surface area contributed by atoms with Gasteiger partial charge >= 0.3 is 0 Å². The van der Waals surface area contributed by atoms with Gasteiger partial charge in [-0.2, -0.15) is 0 Å². The van der Waals surface area contributed by atoms with Gasteiger partial charge in [0.2, 0.25) is 0 Å². The van der Waals surface area contributed by atoms with Crippen LogP contribution in [0.5, 0.6) is 0 Å². The Balaban J connectivity index is 1.41. The third-order valence-corrected chi connectivity index (χ3v) is 4.84. The van der Waals surface area contributed by atoms with Crippen molar-refractivity contribution in [2.75, 3.05) is 13.1 Å². The van der Waals surface area contributed by atoms with Crippen molar-refractivity contribution in [1.29, 1.82) is 0 Å². The molecular formula is C17H19NS. The minimum Gasteiger partial charge on any atom is -0.315 e. The van der Waals surface area contributed by atoms with Gasteiger partial charge in [-0.1, -0.05) is 48.5 Å². The van der Waals surface area contributed by atoms with E-state index in [0.29, 0.717) is 5.25 Å². The largest absolute Gasteiger partial charge is 0.315 e. The molecule has 2 aromatic rings. The molecule has 1 nitrogen and oxygen atoms in total. The second-order valence-electron chi connectivity index (χ2n) is 4.99. The van der Waals surface area contributed by atoms with E-state index in [-0.39, 0.29) is 0 Å². The number of fused-ring (bicyclic) bond motifs is 1. The summed E-state index contributed by atoms with van der Waals surface area (Å²) in [5.74, 6) is 0. The maximum absolute atomic E-state index is 3.59. The summed E-state index contributed by atoms with van der Waals surface area (Å²) in [6.07, 6.45) is 2.32. The fourth-order valence-electron chi connectivity index (χ4n) is 2.51. The van der Waals surface area contributed by atoms with Gasteiger partial charge < -0.3 is 5.32 Å². The molecule has 0 spiro atoms. The molecule has 0 amide bonds. The standard InChI is InChI=1S/C17H19NS/c1-2-6-14(7-3-1)10-11-18-13-16-12-15-8-4-5-9-17(15)19-16/h1-9,16,18H,10-13H2. The van der Waals surface area contributed by atoms with E-state index in [0.717, 1.165) is 19.5 Å². The van der Waals surface area contributed by atoms with Crippen LogP contribution in [0.1, 0.15) is 11.1 Å². The van der Waals surface area contributed by atoms with Crippen LogP contribution in [-0.2, 0) is 12.8 Å². The predicted octanol–water partition coefficient (Wildman–Crippen LogP) is 3.54. The van der Waals surface area contributed by atoms with Crippen molar-refractivity contribution in [2.24, 2.45) is 0 Å². The van der Waals surface area contributed by atoms with E-state index in [1.54, 1.807) is 0 Å². The Labute approximate surface area is 119 Å². The average molecular weight is 269 g/mol. The van der Waals surface area contributed by atoms with Crippen molar-refractivity contribution >= 4 is 11.8 Å². The van der Waals surface area contributed by atoms with Crippen molar-refractivity contribution < 1.29 is 0 Å². The van der Waals surface area contributed by atoms with Gasteiger partial charge in [0.25, 0.3) is 0 Å². The minimum absolute atomic E-state index is 0.702. The topological polar surface area (TPSA) is 12.0 Å². The number of hydrogen-bond donors (Lipinski definition) is 1. The van der Waals surface area contributed by atoms with Crippen LogP contribution in [0.4, 0.5) is 0 Å². The lowest BCUT2D eigenvalue weighted by atomic mass is 10.1. The first kappa shape index (κ1) is 12.8. The van der Waals surface area contributed by atoms with Gasteiger partial charge in [0.1, 0.15) is 0 Å². The second-order valence-corrected chi connectivity index (χ2v) is 6.33. The molecular weight excluding hydrogens is 250 g/mol. The molecule has 0 radical (unpaired) electrons. The first-order valence-electron chi connectivity index (χ1n) is 6.91. The van der Waals surface area contributed by atoms with Gasteiger partial charge in [-0.15, -0.1) is 11.8 Å². The Morgan fingerprint density at radius 3 is 2.63 bits per heavy atom. The summed E-state index contributed by atoms with van der Waals surface area (Å²) in [5.41, 5.74) is 2.93. The molecule has 0 saturated carbocycles. The van der Waals surface area contributed by atoms with E-state index < -0.39 is 0 Å². The van der Waals surface area contributed by atoms with Crippen LogP contribution < -0.4 is 5.32 Å². The zero-order chi connectivity index (χ0) is 12.9. The average Bonchev–Trinajstić information content (AvgIpc) is 2.87. The molecule has 2 aromatic carbocycles. The van der Waals surface area contributed by atoms with Crippen LogP contribution in [0.15, 0.2) is 59.5 Å². The van der Waals surface area contributed by atoms with Crippen molar-refractivity contribution in [1.82, 2.24) is 5.32 Å². The Hall–Kier alpha value is -1.25. The van der Waals surface area contributed by atoms with Crippen LogP contribution in [-0.4, -0.2) is 18.3 Å². The molecule has 0 saturated heterocycles. The zero-order valence-corrected chi connectivity index (χ0v) is 11.8. The smallest absolute Gasteiger partial charge is 0.0260 e. The monoisotopic (exact) mass is 269 g/mol. The van der Waals surface area contributed by atoms with Crippen molar-refractivity contribution in [3.63, 3.8) is 0 Å². The summed E-state index contributed by atoms with van der Waals surface area (Å²) in [5, 5.41) is 4.29. The Kier molecular flexibility index (Phi) is 4.21. The van der Waals surface area contributed by atoms with Gasteiger partial charge in [-0.3, -0.25) is 0 Å². The van der Waals surface area contributed by atoms with Crippen LogP contribution >= 0.6 is 11.8 Å². The molecule has 3 rings (SSSR count). The summed E-state index contributed by atoms with van der Waals surface area (Å²) >= 11 is 2.02. The molecule has 2 heteroatoms. The molecule has 0 aromatic heterocycles. The lowest BCUT2D eigenvalue weighted by Gasteiger charge is -2.10. The van der Waals surface area contributed by atoms with Crippen molar-refractivity contribution in [2.45, 2.75) is 23.0 Å². The lowest BCUT2D eigenvalue weighted by Crippen LogP contribution is -2.26. The second kappa shape index (κ2) is 6.27. The van der Waals surface area contributed by atoms with Gasteiger partial charge in [0.15, 0.2) is 0 Å². The van der Waals surface area contributed by atoms with Gasteiger partial charge in [-0.25, -0.2) is 0 Å². The first-order valence-corrected chi connectivity index (χ1v) is 7.79. The molecule has 1 unspecified atom stereocenters. The van der Waals surface area contributed by atoms with Crippen LogP contribution in [0.3, 0.4) is 0 Å². The molecule has 1 N–H and O–H groups in total. The fourth-order valence-corrected chi connectivity index (χ4v) is 3.79. The SMILES string of the molecule is c1ccc(CCNCC2Cc3ccccc3S2)cc1. The third-order valence-electron chi connectivity index (χ3n) is 3.52. The summed E-state index contributed by atoms with van der Waals surface area (Å²) in [6, 6.07) is 19.5. The quantitative estimate of drug-likeness (QED) is 0.833. The minimum atomic E-state index is 0.702. The molecule has 1 aliphatic rings. The van der Waals surface area contributed by atoms with Crippen LogP contribution in [0.25, 0.3) is 0 Å². The first-order chi connectivity index (χ1) is 9.42. The van der Waals surface area contributed by atoms with E-state index in [2.05, 4.69) is 59.9 Å². The van der Waals surface area contributed by atoms with Gasteiger partial charge in [0, 0.05) is 16.7 Å². The summed E-state index contributed by atoms with van der Waals surface area (Å²) < 4.78 is 0. The number of nitrogens with one attached hydrogen (secondary N) is 1. The maximum atomic E-state index is 3.59. The summed E-state index contributed by atoms with van der Waals surface area (Å²) in [6.45, 7) is 2.17. The molecule has 1 aliphatic heterocycles. The number of rotatable bonds is 5. The Morgan fingerprint density at radius 2 is 1.79 bits per heavy atom. The number of benzene rings is 2. The molecule has 1 heterocycles. The molecule has 0 aliphatic carbocycles.